The van der Waals surface area contributed by atoms with Gasteiger partial charge in [-0.1, -0.05) is 0 Å². The van der Waals surface area contributed by atoms with E-state index in [1.165, 1.54) is 4.90 Å². The average molecular weight is 199 g/mol. The summed E-state index contributed by atoms with van der Waals surface area (Å²) in [6, 6.07) is 0. The zero-order valence-corrected chi connectivity index (χ0v) is 7.64. The number of rotatable bonds is 0. The lowest BCUT2D eigenvalue weighted by Gasteiger charge is -2.66. The number of piperidine rings is 3. The van der Waals surface area contributed by atoms with Gasteiger partial charge in [-0.15, -0.1) is 0 Å². The lowest BCUT2D eigenvalue weighted by molar-refractivity contribution is -0.404. The zero-order valence-electron chi connectivity index (χ0n) is 7.64. The highest BCUT2D eigenvalue weighted by Crippen LogP contribution is 2.76. The molecule has 4 fully saturated rings. The van der Waals surface area contributed by atoms with Gasteiger partial charge in [0.2, 0.25) is 0 Å². The Bertz CT molecular complexity index is 359. The van der Waals surface area contributed by atoms with Gasteiger partial charge < -0.3 is 20.4 Å². The first-order valence-corrected chi connectivity index (χ1v) is 5.06. The van der Waals surface area contributed by atoms with Gasteiger partial charge in [-0.05, 0) is 19.3 Å². The van der Waals surface area contributed by atoms with Crippen molar-refractivity contribution in [2.45, 2.75) is 41.9 Å². The monoisotopic (exact) mass is 199 g/mol. The SMILES string of the molecule is OC12CC[C@]3(O)C4CC4(O)C1(O)N3C2. The summed E-state index contributed by atoms with van der Waals surface area (Å²) in [5.74, 6) is -0.281. The summed E-state index contributed by atoms with van der Waals surface area (Å²) in [4.78, 5) is 1.47. The van der Waals surface area contributed by atoms with Gasteiger partial charge in [-0.3, -0.25) is 0 Å². The van der Waals surface area contributed by atoms with Crippen LogP contribution in [0.1, 0.15) is 19.3 Å². The molecule has 14 heavy (non-hydrogen) atoms. The highest BCUT2D eigenvalue weighted by molar-refractivity contribution is 5.40. The van der Waals surface area contributed by atoms with Crippen molar-refractivity contribution >= 4 is 0 Å². The molecule has 3 heterocycles. The minimum absolute atomic E-state index is 0.277. The first kappa shape index (κ1) is 8.01. The number of hydrogen-bond acceptors (Lipinski definition) is 5. The molecular formula is C9H13NO4. The maximum atomic E-state index is 10.3. The van der Waals surface area contributed by atoms with Crippen molar-refractivity contribution in [1.29, 1.82) is 0 Å². The van der Waals surface area contributed by atoms with Gasteiger partial charge in [0.15, 0.2) is 5.72 Å². The van der Waals surface area contributed by atoms with Crippen molar-refractivity contribution < 1.29 is 20.4 Å². The van der Waals surface area contributed by atoms with Crippen LogP contribution in [-0.2, 0) is 0 Å². The third-order valence-electron chi connectivity index (χ3n) is 4.93. The summed E-state index contributed by atoms with van der Waals surface area (Å²) in [6.07, 6.45) is 1.22. The van der Waals surface area contributed by atoms with Gasteiger partial charge in [0, 0.05) is 12.5 Å². The second-order valence-corrected chi connectivity index (χ2v) is 5.35. The summed E-state index contributed by atoms with van der Waals surface area (Å²) < 4.78 is 0. The molecule has 1 saturated carbocycles. The lowest BCUT2D eigenvalue weighted by atomic mass is 9.69. The van der Waals surface area contributed by atoms with E-state index in [9.17, 15) is 20.4 Å². The third-order valence-corrected chi connectivity index (χ3v) is 4.93. The van der Waals surface area contributed by atoms with Crippen LogP contribution in [0.3, 0.4) is 0 Å². The van der Waals surface area contributed by atoms with Crippen molar-refractivity contribution in [2.75, 3.05) is 6.54 Å². The molecule has 0 aromatic rings. The van der Waals surface area contributed by atoms with Crippen LogP contribution in [0.2, 0.25) is 0 Å². The van der Waals surface area contributed by atoms with Crippen LogP contribution in [0.15, 0.2) is 0 Å². The van der Waals surface area contributed by atoms with Crippen molar-refractivity contribution in [3.05, 3.63) is 0 Å². The Morgan fingerprint density at radius 1 is 1.07 bits per heavy atom. The van der Waals surface area contributed by atoms with E-state index < -0.39 is 22.7 Å². The molecule has 0 radical (unpaired) electrons. The van der Waals surface area contributed by atoms with Crippen LogP contribution in [-0.4, -0.2) is 54.5 Å². The topological polar surface area (TPSA) is 84.2 Å². The zero-order chi connectivity index (χ0) is 9.98. The van der Waals surface area contributed by atoms with Gasteiger partial charge in [-0.2, -0.15) is 0 Å². The van der Waals surface area contributed by atoms with Gasteiger partial charge in [0.1, 0.15) is 16.9 Å². The predicted octanol–water partition coefficient (Wildman–Crippen LogP) is -2.03. The quantitative estimate of drug-likeness (QED) is 0.361. The Morgan fingerprint density at radius 3 is 2.36 bits per heavy atom. The fourth-order valence-electron chi connectivity index (χ4n) is 4.02. The Kier molecular flexibility index (Phi) is 0.893. The van der Waals surface area contributed by atoms with Crippen molar-refractivity contribution in [3.8, 4) is 0 Å². The molecule has 4 N–H and O–H groups in total. The summed E-state index contributed by atoms with van der Waals surface area (Å²) in [6.45, 7) is 0.277. The summed E-state index contributed by atoms with van der Waals surface area (Å²) in [5.41, 5.74) is -5.14. The molecule has 4 rings (SSSR count). The second-order valence-electron chi connectivity index (χ2n) is 5.35. The first-order chi connectivity index (χ1) is 6.39. The minimum atomic E-state index is -1.59. The van der Waals surface area contributed by atoms with Crippen LogP contribution in [0.4, 0.5) is 0 Å². The van der Waals surface area contributed by atoms with Crippen LogP contribution in [0.25, 0.3) is 0 Å². The smallest absolute Gasteiger partial charge is 0.180 e. The molecule has 3 saturated heterocycles. The minimum Gasteiger partial charge on any atom is -0.385 e. The maximum absolute atomic E-state index is 10.3. The maximum Gasteiger partial charge on any atom is 0.180 e. The molecule has 1 aliphatic carbocycles. The van der Waals surface area contributed by atoms with Crippen LogP contribution in [0, 0.1) is 5.92 Å². The summed E-state index contributed by atoms with van der Waals surface area (Å²) in [5, 5.41) is 40.8. The van der Waals surface area contributed by atoms with Crippen LogP contribution in [0.5, 0.6) is 0 Å². The van der Waals surface area contributed by atoms with E-state index in [4.69, 9.17) is 0 Å². The Labute approximate surface area is 80.6 Å². The first-order valence-electron chi connectivity index (χ1n) is 5.06. The molecule has 0 amide bonds. The number of hydrogen-bond donors (Lipinski definition) is 4. The fourth-order valence-corrected chi connectivity index (χ4v) is 4.02. The normalized spacial score (nSPS) is 78.0. The summed E-state index contributed by atoms with van der Waals surface area (Å²) in [7, 11) is 0. The average Bonchev–Trinajstić information content (AvgIpc) is 2.80. The molecule has 5 heteroatoms. The molecule has 5 unspecified atom stereocenters. The molecule has 0 spiro atoms. The molecule has 6 atom stereocenters. The Morgan fingerprint density at radius 2 is 1.79 bits per heavy atom. The van der Waals surface area contributed by atoms with Gasteiger partial charge in [-0.25, -0.2) is 4.90 Å². The van der Waals surface area contributed by atoms with E-state index in [2.05, 4.69) is 0 Å². The molecule has 5 nitrogen and oxygen atoms in total. The highest BCUT2D eigenvalue weighted by Gasteiger charge is 2.94. The largest absolute Gasteiger partial charge is 0.385 e. The van der Waals surface area contributed by atoms with Crippen LogP contribution >= 0.6 is 0 Å². The molecule has 0 aromatic heterocycles. The molecule has 78 valence electrons. The summed E-state index contributed by atoms with van der Waals surface area (Å²) >= 11 is 0. The van der Waals surface area contributed by atoms with E-state index in [1.807, 2.05) is 0 Å². The van der Waals surface area contributed by atoms with E-state index in [1.54, 1.807) is 0 Å². The van der Waals surface area contributed by atoms with Crippen molar-refractivity contribution in [1.82, 2.24) is 4.90 Å². The van der Waals surface area contributed by atoms with Crippen LogP contribution < -0.4 is 0 Å². The number of aliphatic hydroxyl groups is 4. The van der Waals surface area contributed by atoms with Gasteiger partial charge in [0.05, 0.1) is 0 Å². The Hall–Kier alpha value is -0.200. The molecule has 0 aromatic carbocycles. The third kappa shape index (κ3) is 0.427. The van der Waals surface area contributed by atoms with Crippen molar-refractivity contribution in [2.24, 2.45) is 5.92 Å². The molecule has 3 aliphatic heterocycles. The van der Waals surface area contributed by atoms with E-state index in [-0.39, 0.29) is 12.5 Å². The Balaban J connectivity index is 1.97. The molecule has 4 bridgehead atoms. The van der Waals surface area contributed by atoms with E-state index in [0.29, 0.717) is 19.3 Å². The fraction of sp³-hybridized carbons (Fsp3) is 1.00. The molecular weight excluding hydrogens is 186 g/mol. The number of nitrogens with zero attached hydrogens (tertiary/aromatic N) is 1. The van der Waals surface area contributed by atoms with E-state index in [0.717, 1.165) is 0 Å². The number of fused-ring (bicyclic) bond motifs is 2. The van der Waals surface area contributed by atoms with Gasteiger partial charge >= 0.3 is 0 Å². The van der Waals surface area contributed by atoms with E-state index >= 15 is 0 Å². The van der Waals surface area contributed by atoms with Gasteiger partial charge in [0.25, 0.3) is 0 Å². The predicted molar refractivity (Wildman–Crippen MR) is 43.8 cm³/mol. The second kappa shape index (κ2) is 1.56. The lowest BCUT2D eigenvalue weighted by Crippen LogP contribution is -2.87. The van der Waals surface area contributed by atoms with Crippen molar-refractivity contribution in [3.63, 3.8) is 0 Å². The standard InChI is InChI=1S/C9H13NO4/c11-6-1-2-8(13)5-3-7(5,12)9(6,14)10(8)4-6/h5,11-14H,1-4H2/t5?,6?,7?,8-,9?/m0/s1. The highest BCUT2D eigenvalue weighted by atomic mass is 16.5. The molecule has 4 aliphatic rings.